The largest absolute Gasteiger partial charge is 0.408 e. The first-order valence-electron chi connectivity index (χ1n) is 4.30. The molecule has 64 valence electrons. The van der Waals surface area contributed by atoms with Gasteiger partial charge in [-0.25, -0.2) is 0 Å². The summed E-state index contributed by atoms with van der Waals surface area (Å²) in [6, 6.07) is 0.311. The lowest BCUT2D eigenvalue weighted by atomic mass is 10.1. The van der Waals surface area contributed by atoms with E-state index in [-0.39, 0.29) is 0 Å². The normalized spacial score (nSPS) is 33.2. The highest BCUT2D eigenvalue weighted by Gasteiger charge is 2.20. The molecule has 0 bridgehead atoms. The second-order valence-corrected chi connectivity index (χ2v) is 3.34. The first kappa shape index (κ1) is 7.62. The van der Waals surface area contributed by atoms with Gasteiger partial charge in [0.2, 0.25) is 0 Å². The maximum Gasteiger partial charge on any atom is 0.151 e. The molecule has 0 saturated carbocycles. The Hall–Kier alpha value is -1.02. The number of rotatable bonds is 0. The zero-order valence-electron chi connectivity index (χ0n) is 7.37. The van der Waals surface area contributed by atoms with E-state index in [0.29, 0.717) is 12.0 Å². The van der Waals surface area contributed by atoms with Gasteiger partial charge in [-0.05, 0) is 18.9 Å². The number of hydrogen-bond acceptors (Lipinski definition) is 2. The highest BCUT2D eigenvalue weighted by atomic mass is 16.7. The summed E-state index contributed by atoms with van der Waals surface area (Å²) in [7, 11) is 0. The Morgan fingerprint density at radius 1 is 1.25 bits per heavy atom. The molecule has 1 aliphatic carbocycles. The molecule has 12 heavy (non-hydrogen) atoms. The molecule has 0 aromatic rings. The molecule has 0 spiro atoms. The quantitative estimate of drug-likeness (QED) is 0.589. The number of hydroxylamine groups is 1. The molecule has 0 fully saturated rings. The molecule has 1 N–H and O–H groups in total. The van der Waals surface area contributed by atoms with Crippen LogP contribution in [0.25, 0.3) is 0 Å². The van der Waals surface area contributed by atoms with Crippen LogP contribution in [0.5, 0.6) is 0 Å². The maximum absolute atomic E-state index is 5.29. The summed E-state index contributed by atoms with van der Waals surface area (Å²) >= 11 is 0. The number of allylic oxidation sites excluding steroid dienone is 3. The lowest BCUT2D eigenvalue weighted by molar-refractivity contribution is 0.128. The predicted molar refractivity (Wildman–Crippen MR) is 48.2 cm³/mol. The molecule has 2 unspecified atom stereocenters. The number of nitrogens with one attached hydrogen (secondary N) is 1. The van der Waals surface area contributed by atoms with E-state index in [9.17, 15) is 0 Å². The van der Waals surface area contributed by atoms with E-state index in [4.69, 9.17) is 4.84 Å². The second kappa shape index (κ2) is 2.79. The summed E-state index contributed by atoms with van der Waals surface area (Å²) in [6.45, 7) is 4.25. The SMILES string of the molecule is CC1C=CC2=C(C=C1)C(C)NO2. The van der Waals surface area contributed by atoms with Crippen molar-refractivity contribution in [3.8, 4) is 0 Å². The van der Waals surface area contributed by atoms with Crippen LogP contribution in [-0.4, -0.2) is 6.04 Å². The van der Waals surface area contributed by atoms with Crippen molar-refractivity contribution in [2.24, 2.45) is 5.92 Å². The molecule has 0 aromatic heterocycles. The summed E-state index contributed by atoms with van der Waals surface area (Å²) in [4.78, 5) is 5.29. The Morgan fingerprint density at radius 3 is 2.83 bits per heavy atom. The van der Waals surface area contributed by atoms with Crippen LogP contribution in [0.3, 0.4) is 0 Å². The fourth-order valence-corrected chi connectivity index (χ4v) is 1.40. The molecule has 0 aromatic carbocycles. The summed E-state index contributed by atoms with van der Waals surface area (Å²) in [5.74, 6) is 1.47. The van der Waals surface area contributed by atoms with Crippen molar-refractivity contribution in [3.05, 3.63) is 35.6 Å². The summed E-state index contributed by atoms with van der Waals surface area (Å²) in [5.41, 5.74) is 4.17. The smallest absolute Gasteiger partial charge is 0.151 e. The van der Waals surface area contributed by atoms with Gasteiger partial charge in [0, 0.05) is 5.57 Å². The molecule has 2 rings (SSSR count). The van der Waals surface area contributed by atoms with Crippen LogP contribution in [-0.2, 0) is 4.84 Å². The van der Waals surface area contributed by atoms with E-state index in [2.05, 4.69) is 37.6 Å². The molecule has 0 saturated heterocycles. The third kappa shape index (κ3) is 1.18. The molecule has 2 heteroatoms. The molecular weight excluding hydrogens is 150 g/mol. The van der Waals surface area contributed by atoms with Crippen molar-refractivity contribution in [1.29, 1.82) is 0 Å². The zero-order valence-corrected chi connectivity index (χ0v) is 7.37. The minimum Gasteiger partial charge on any atom is -0.408 e. The van der Waals surface area contributed by atoms with E-state index >= 15 is 0 Å². The standard InChI is InChI=1S/C10H13NO/c1-7-3-5-9-8(2)11-12-10(9)6-4-7/h3-8,11H,1-2H3. The van der Waals surface area contributed by atoms with Crippen molar-refractivity contribution < 1.29 is 4.84 Å². The summed E-state index contributed by atoms with van der Waals surface area (Å²) in [5, 5.41) is 0. The van der Waals surface area contributed by atoms with Crippen LogP contribution in [0.15, 0.2) is 35.6 Å². The Balaban J connectivity index is 2.33. The zero-order chi connectivity index (χ0) is 8.55. The van der Waals surface area contributed by atoms with E-state index in [1.807, 2.05) is 6.08 Å². The minimum absolute atomic E-state index is 0.311. The molecule has 2 atom stereocenters. The van der Waals surface area contributed by atoms with Crippen molar-refractivity contribution >= 4 is 0 Å². The van der Waals surface area contributed by atoms with Crippen LogP contribution in [0, 0.1) is 5.92 Å². The first-order chi connectivity index (χ1) is 5.77. The highest BCUT2D eigenvalue weighted by Crippen LogP contribution is 2.23. The Bertz CT molecular complexity index is 276. The maximum atomic E-state index is 5.29. The van der Waals surface area contributed by atoms with Crippen molar-refractivity contribution in [3.63, 3.8) is 0 Å². The van der Waals surface area contributed by atoms with E-state index in [1.165, 1.54) is 5.57 Å². The second-order valence-electron chi connectivity index (χ2n) is 3.34. The van der Waals surface area contributed by atoms with Gasteiger partial charge < -0.3 is 4.84 Å². The molecule has 0 amide bonds. The van der Waals surface area contributed by atoms with Gasteiger partial charge >= 0.3 is 0 Å². The molecule has 1 heterocycles. The monoisotopic (exact) mass is 163 g/mol. The summed E-state index contributed by atoms with van der Waals surface area (Å²) < 4.78 is 0. The predicted octanol–water partition coefficient (Wildman–Crippen LogP) is 1.93. The highest BCUT2D eigenvalue weighted by molar-refractivity contribution is 5.38. The fraction of sp³-hybridized carbons (Fsp3) is 0.400. The van der Waals surface area contributed by atoms with Crippen molar-refractivity contribution in [1.82, 2.24) is 5.48 Å². The lowest BCUT2D eigenvalue weighted by Crippen LogP contribution is -2.18. The summed E-state index contributed by atoms with van der Waals surface area (Å²) in [6.07, 6.45) is 8.51. The molecule has 1 aliphatic heterocycles. The average molecular weight is 163 g/mol. The van der Waals surface area contributed by atoms with Gasteiger partial charge in [0.15, 0.2) is 5.76 Å². The Morgan fingerprint density at radius 2 is 2.00 bits per heavy atom. The van der Waals surface area contributed by atoms with Gasteiger partial charge in [-0.1, -0.05) is 25.2 Å². The van der Waals surface area contributed by atoms with Crippen LogP contribution in [0.1, 0.15) is 13.8 Å². The van der Waals surface area contributed by atoms with E-state index in [0.717, 1.165) is 5.76 Å². The van der Waals surface area contributed by atoms with Gasteiger partial charge in [-0.15, -0.1) is 5.48 Å². The van der Waals surface area contributed by atoms with E-state index < -0.39 is 0 Å². The van der Waals surface area contributed by atoms with Crippen molar-refractivity contribution in [2.45, 2.75) is 19.9 Å². The molecule has 0 radical (unpaired) electrons. The third-order valence-electron chi connectivity index (χ3n) is 2.23. The lowest BCUT2D eigenvalue weighted by Gasteiger charge is -2.02. The van der Waals surface area contributed by atoms with Crippen LogP contribution in [0.4, 0.5) is 0 Å². The van der Waals surface area contributed by atoms with Crippen molar-refractivity contribution in [2.75, 3.05) is 0 Å². The Labute approximate surface area is 72.6 Å². The Kier molecular flexibility index (Phi) is 1.77. The van der Waals surface area contributed by atoms with Crippen LogP contribution < -0.4 is 5.48 Å². The minimum atomic E-state index is 0.311. The van der Waals surface area contributed by atoms with E-state index in [1.54, 1.807) is 0 Å². The molecular formula is C10H13NO. The first-order valence-corrected chi connectivity index (χ1v) is 4.30. The number of hydrogen-bond donors (Lipinski definition) is 1. The van der Waals surface area contributed by atoms with Gasteiger partial charge in [0.1, 0.15) is 0 Å². The van der Waals surface area contributed by atoms with Crippen LogP contribution in [0.2, 0.25) is 0 Å². The van der Waals surface area contributed by atoms with Gasteiger partial charge in [-0.3, -0.25) is 0 Å². The molecule has 2 nitrogen and oxygen atoms in total. The average Bonchev–Trinajstić information content (AvgIpc) is 2.28. The van der Waals surface area contributed by atoms with Gasteiger partial charge in [0.25, 0.3) is 0 Å². The molecule has 2 aliphatic rings. The fourth-order valence-electron chi connectivity index (χ4n) is 1.40. The van der Waals surface area contributed by atoms with Gasteiger partial charge in [0.05, 0.1) is 6.04 Å². The van der Waals surface area contributed by atoms with Gasteiger partial charge in [-0.2, -0.15) is 0 Å². The topological polar surface area (TPSA) is 21.3 Å². The van der Waals surface area contributed by atoms with Crippen LogP contribution >= 0.6 is 0 Å². The third-order valence-corrected chi connectivity index (χ3v) is 2.23.